The lowest BCUT2D eigenvalue weighted by molar-refractivity contribution is 0.0925. The molecule has 1 N–H and O–H groups in total. The number of hydrogen-bond donors (Lipinski definition) is 1. The number of amides is 1. The lowest BCUT2D eigenvalue weighted by atomic mass is 10.1. The summed E-state index contributed by atoms with van der Waals surface area (Å²) in [4.78, 5) is 16.9. The second kappa shape index (κ2) is 7.19. The maximum absolute atomic E-state index is 14.4. The minimum absolute atomic E-state index is 0.160. The molecular formula is C22H20F2N4O2. The highest BCUT2D eigenvalue weighted by Gasteiger charge is 2.50. The summed E-state index contributed by atoms with van der Waals surface area (Å²) < 4.78 is 34.9. The van der Waals surface area contributed by atoms with E-state index in [-0.39, 0.29) is 30.2 Å². The lowest BCUT2D eigenvalue weighted by Gasteiger charge is -2.14. The topological polar surface area (TPSA) is 69.0 Å². The van der Waals surface area contributed by atoms with Crippen LogP contribution in [0.25, 0.3) is 5.69 Å². The second-order valence-corrected chi connectivity index (χ2v) is 7.85. The van der Waals surface area contributed by atoms with Crippen molar-refractivity contribution in [1.82, 2.24) is 20.1 Å². The van der Waals surface area contributed by atoms with Gasteiger partial charge in [-0.25, -0.2) is 13.5 Å². The molecule has 0 bridgehead atoms. The molecule has 8 heteroatoms. The van der Waals surface area contributed by atoms with Crippen molar-refractivity contribution in [3.05, 3.63) is 71.3 Å². The van der Waals surface area contributed by atoms with Gasteiger partial charge in [0, 0.05) is 23.7 Å². The van der Waals surface area contributed by atoms with E-state index in [1.807, 2.05) is 6.92 Å². The minimum Gasteiger partial charge on any atom is -0.487 e. The van der Waals surface area contributed by atoms with Crippen molar-refractivity contribution >= 4 is 5.91 Å². The van der Waals surface area contributed by atoms with Crippen LogP contribution in [0.5, 0.6) is 5.75 Å². The fourth-order valence-corrected chi connectivity index (χ4v) is 4.15. The van der Waals surface area contributed by atoms with Crippen LogP contribution in [0.3, 0.4) is 0 Å². The van der Waals surface area contributed by atoms with Crippen molar-refractivity contribution in [2.24, 2.45) is 5.92 Å². The first-order chi connectivity index (χ1) is 14.5. The van der Waals surface area contributed by atoms with Gasteiger partial charge in [0.2, 0.25) is 0 Å². The van der Waals surface area contributed by atoms with Crippen molar-refractivity contribution in [2.75, 3.05) is 6.54 Å². The Morgan fingerprint density at radius 1 is 1.37 bits per heavy atom. The van der Waals surface area contributed by atoms with E-state index in [0.29, 0.717) is 17.4 Å². The first kappa shape index (κ1) is 18.7. The van der Waals surface area contributed by atoms with Gasteiger partial charge in [-0.05, 0) is 49.9 Å². The highest BCUT2D eigenvalue weighted by molar-refractivity contribution is 5.94. The summed E-state index contributed by atoms with van der Waals surface area (Å²) in [6.45, 7) is 2.13. The first-order valence-electron chi connectivity index (χ1n) is 9.93. The van der Waals surface area contributed by atoms with Crippen molar-refractivity contribution in [3.63, 3.8) is 0 Å². The van der Waals surface area contributed by atoms with Crippen LogP contribution in [0.2, 0.25) is 0 Å². The fourth-order valence-electron chi connectivity index (χ4n) is 4.15. The van der Waals surface area contributed by atoms with Crippen LogP contribution in [0.15, 0.2) is 42.7 Å². The number of carbonyl (C=O) groups is 1. The van der Waals surface area contributed by atoms with Crippen LogP contribution in [0.4, 0.5) is 8.78 Å². The molecule has 3 aromatic rings. The molecule has 154 valence electrons. The Labute approximate surface area is 171 Å². The molecule has 2 heterocycles. The average Bonchev–Trinajstić information content (AvgIpc) is 3.23. The normalized spacial score (nSPS) is 19.7. The van der Waals surface area contributed by atoms with Crippen LogP contribution in [0.1, 0.15) is 41.0 Å². The van der Waals surface area contributed by atoms with Crippen molar-refractivity contribution in [1.29, 1.82) is 0 Å². The van der Waals surface area contributed by atoms with E-state index in [4.69, 9.17) is 4.74 Å². The zero-order valence-electron chi connectivity index (χ0n) is 16.3. The quantitative estimate of drug-likeness (QED) is 0.676. The van der Waals surface area contributed by atoms with Crippen LogP contribution < -0.4 is 10.1 Å². The standard InChI is InChI=1S/C22H20F2N4O2/c1-12(30-15-3-2-6-25-11-15)10-26-22(29)20-17-8-13-7-16(13)21(17)28(27-20)19-5-4-14(23)9-18(19)24/h2-6,9,11-13,16H,7-8,10H2,1H3,(H,26,29)/t12?,13-,16-/m1/s1. The minimum atomic E-state index is -0.699. The van der Waals surface area contributed by atoms with Crippen LogP contribution in [-0.2, 0) is 6.42 Å². The zero-order valence-corrected chi connectivity index (χ0v) is 16.3. The van der Waals surface area contributed by atoms with Gasteiger partial charge in [0.15, 0.2) is 11.5 Å². The molecule has 0 saturated heterocycles. The van der Waals surface area contributed by atoms with Gasteiger partial charge in [-0.3, -0.25) is 9.78 Å². The SMILES string of the molecule is CC(CNC(=O)c1nn(-c2ccc(F)cc2F)c2c1C[C@H]1C[C@@H]21)Oc1cccnc1. The molecule has 5 rings (SSSR count). The predicted molar refractivity (Wildman–Crippen MR) is 105 cm³/mol. The third-order valence-corrected chi connectivity index (χ3v) is 5.64. The summed E-state index contributed by atoms with van der Waals surface area (Å²) in [6.07, 6.45) is 4.77. The smallest absolute Gasteiger partial charge is 0.272 e. The number of hydrogen-bond acceptors (Lipinski definition) is 4. The summed E-state index contributed by atoms with van der Waals surface area (Å²) in [6, 6.07) is 6.96. The zero-order chi connectivity index (χ0) is 20.8. The number of halogens is 2. The van der Waals surface area contributed by atoms with Gasteiger partial charge in [0.25, 0.3) is 5.91 Å². The Hall–Kier alpha value is -3.29. The van der Waals surface area contributed by atoms with Gasteiger partial charge >= 0.3 is 0 Å². The average molecular weight is 410 g/mol. The third kappa shape index (κ3) is 3.32. The van der Waals surface area contributed by atoms with E-state index >= 15 is 0 Å². The molecule has 1 fully saturated rings. The highest BCUT2D eigenvalue weighted by Crippen LogP contribution is 2.57. The molecular weight excluding hydrogens is 390 g/mol. The molecule has 2 aliphatic carbocycles. The number of fused-ring (bicyclic) bond motifs is 3. The fraction of sp³-hybridized carbons (Fsp3) is 0.318. The van der Waals surface area contributed by atoms with Gasteiger partial charge in [0.1, 0.15) is 23.4 Å². The number of aromatic nitrogens is 3. The Morgan fingerprint density at radius 2 is 2.23 bits per heavy atom. The molecule has 2 aliphatic rings. The Morgan fingerprint density at radius 3 is 3.00 bits per heavy atom. The van der Waals surface area contributed by atoms with Crippen LogP contribution in [0, 0.1) is 17.6 Å². The Kier molecular flexibility index (Phi) is 4.49. The number of nitrogens with zero attached hydrogens (tertiary/aromatic N) is 3. The molecule has 3 atom stereocenters. The van der Waals surface area contributed by atoms with Crippen molar-refractivity contribution < 1.29 is 18.3 Å². The lowest BCUT2D eigenvalue weighted by Crippen LogP contribution is -2.34. The summed E-state index contributed by atoms with van der Waals surface area (Å²) in [5, 5.41) is 7.28. The van der Waals surface area contributed by atoms with Gasteiger partial charge in [-0.1, -0.05) is 0 Å². The summed E-state index contributed by atoms with van der Waals surface area (Å²) in [5.74, 6) is -0.287. The molecule has 0 radical (unpaired) electrons. The number of ether oxygens (including phenoxy) is 1. The van der Waals surface area contributed by atoms with Crippen molar-refractivity contribution in [3.8, 4) is 11.4 Å². The predicted octanol–water partition coefficient (Wildman–Crippen LogP) is 3.40. The van der Waals surface area contributed by atoms with E-state index in [9.17, 15) is 13.6 Å². The van der Waals surface area contributed by atoms with Crippen LogP contribution in [-0.4, -0.2) is 33.3 Å². The van der Waals surface area contributed by atoms with E-state index in [2.05, 4.69) is 15.4 Å². The Balaban J connectivity index is 1.36. The largest absolute Gasteiger partial charge is 0.487 e. The molecule has 1 aromatic carbocycles. The summed E-state index contributed by atoms with van der Waals surface area (Å²) in [7, 11) is 0. The highest BCUT2D eigenvalue weighted by atomic mass is 19.1. The summed E-state index contributed by atoms with van der Waals surface area (Å²) in [5.41, 5.74) is 2.19. The maximum Gasteiger partial charge on any atom is 0.272 e. The molecule has 2 aromatic heterocycles. The van der Waals surface area contributed by atoms with Gasteiger partial charge in [-0.15, -0.1) is 0 Å². The number of nitrogens with one attached hydrogen (secondary N) is 1. The number of pyridine rings is 1. The van der Waals surface area contributed by atoms with E-state index < -0.39 is 11.6 Å². The van der Waals surface area contributed by atoms with E-state index in [1.165, 1.54) is 16.8 Å². The number of rotatable bonds is 6. The molecule has 0 spiro atoms. The van der Waals surface area contributed by atoms with E-state index in [1.54, 1.807) is 24.5 Å². The molecule has 0 aliphatic heterocycles. The van der Waals surface area contributed by atoms with Crippen LogP contribution >= 0.6 is 0 Å². The molecule has 6 nitrogen and oxygen atoms in total. The molecule has 1 amide bonds. The monoisotopic (exact) mass is 410 g/mol. The third-order valence-electron chi connectivity index (χ3n) is 5.64. The maximum atomic E-state index is 14.4. The van der Waals surface area contributed by atoms with Gasteiger partial charge in [0.05, 0.1) is 18.4 Å². The van der Waals surface area contributed by atoms with Crippen molar-refractivity contribution in [2.45, 2.75) is 31.8 Å². The molecule has 30 heavy (non-hydrogen) atoms. The molecule has 1 unspecified atom stereocenters. The summed E-state index contributed by atoms with van der Waals surface area (Å²) >= 11 is 0. The second-order valence-electron chi connectivity index (χ2n) is 7.85. The number of carbonyl (C=O) groups excluding carboxylic acids is 1. The van der Waals surface area contributed by atoms with Gasteiger partial charge in [-0.2, -0.15) is 5.10 Å². The molecule has 1 saturated carbocycles. The first-order valence-corrected chi connectivity index (χ1v) is 9.93. The Bertz CT molecular complexity index is 1120. The van der Waals surface area contributed by atoms with Gasteiger partial charge < -0.3 is 10.1 Å². The van der Waals surface area contributed by atoms with E-state index in [0.717, 1.165) is 30.2 Å². The number of benzene rings is 1.